The third-order valence-corrected chi connectivity index (χ3v) is 0.946. The van der Waals surface area contributed by atoms with Gasteiger partial charge in [-0.25, -0.2) is 0 Å². The van der Waals surface area contributed by atoms with E-state index in [-0.39, 0.29) is 0 Å². The maximum atomic E-state index is 3.84. The van der Waals surface area contributed by atoms with E-state index in [4.69, 9.17) is 0 Å². The van der Waals surface area contributed by atoms with Crippen LogP contribution < -0.4 is 5.53 Å². The molecule has 0 aliphatic carbocycles. The number of hydrazine groups is 2. The molecule has 0 unspecified atom stereocenters. The Hall–Kier alpha value is -1.59. The van der Waals surface area contributed by atoms with E-state index >= 15 is 0 Å². The van der Waals surface area contributed by atoms with E-state index in [0.29, 0.717) is 0 Å². The van der Waals surface area contributed by atoms with Crippen LogP contribution in [0.3, 0.4) is 0 Å². The van der Waals surface area contributed by atoms with Crippen molar-refractivity contribution in [2.45, 2.75) is 0 Å². The van der Waals surface area contributed by atoms with E-state index in [2.05, 4.69) is 21.1 Å². The monoisotopic (exact) mass is 124 g/mol. The number of fused-ring (bicyclic) bond motifs is 1. The Morgan fingerprint density at radius 3 is 3.33 bits per heavy atom. The number of hydrogen-bond acceptors (Lipinski definition) is 6. The summed E-state index contributed by atoms with van der Waals surface area (Å²) in [5, 5.41) is 13.8. The van der Waals surface area contributed by atoms with Gasteiger partial charge in [-0.05, 0) is 16.5 Å². The first kappa shape index (κ1) is 4.30. The van der Waals surface area contributed by atoms with Crippen molar-refractivity contribution in [3.8, 4) is 0 Å². The van der Waals surface area contributed by atoms with E-state index in [1.807, 2.05) is 0 Å². The van der Waals surface area contributed by atoms with E-state index in [9.17, 15) is 0 Å². The summed E-state index contributed by atoms with van der Waals surface area (Å²) in [6.07, 6.45) is 5.14. The molecule has 0 amide bonds. The number of hydrazone groups is 1. The fourth-order valence-corrected chi connectivity index (χ4v) is 0.578. The quantitative estimate of drug-likeness (QED) is 0.487. The number of hydrogen-bond donors (Lipinski definition) is 1. The van der Waals surface area contributed by atoms with Gasteiger partial charge in [0.2, 0.25) is 0 Å². The van der Waals surface area contributed by atoms with Gasteiger partial charge in [-0.2, -0.15) is 5.53 Å². The maximum Gasteiger partial charge on any atom is 0.0546 e. The van der Waals surface area contributed by atoms with Crippen LogP contribution in [-0.4, -0.2) is 16.6 Å². The first-order valence-corrected chi connectivity index (χ1v) is 2.43. The van der Waals surface area contributed by atoms with Crippen molar-refractivity contribution < 1.29 is 0 Å². The fraction of sp³-hybridized carbons (Fsp3) is 0. The lowest BCUT2D eigenvalue weighted by atomic mass is 10.6. The highest BCUT2D eigenvalue weighted by atomic mass is 16.1. The number of nitrogens with one attached hydrogen (secondary N) is 1. The Morgan fingerprint density at radius 2 is 2.44 bits per heavy atom. The van der Waals surface area contributed by atoms with Crippen molar-refractivity contribution in [3.63, 3.8) is 0 Å². The average molecular weight is 124 g/mol. The normalized spacial score (nSPS) is 20.4. The van der Waals surface area contributed by atoms with Crippen LogP contribution in [0.25, 0.3) is 0 Å². The zero-order valence-corrected chi connectivity index (χ0v) is 4.47. The van der Waals surface area contributed by atoms with Crippen molar-refractivity contribution in [2.75, 3.05) is 0 Å². The second kappa shape index (κ2) is 1.44. The molecule has 2 aliphatic heterocycles. The molecule has 0 aromatic rings. The number of rotatable bonds is 0. The van der Waals surface area contributed by atoms with Crippen molar-refractivity contribution in [3.05, 3.63) is 12.3 Å². The van der Waals surface area contributed by atoms with Gasteiger partial charge in [-0.15, -0.1) is 10.2 Å². The molecule has 0 atom stereocenters. The van der Waals surface area contributed by atoms with Crippen LogP contribution in [0.15, 0.2) is 27.8 Å². The lowest BCUT2D eigenvalue weighted by Gasteiger charge is -2.17. The highest BCUT2D eigenvalue weighted by Gasteiger charge is 2.14. The van der Waals surface area contributed by atoms with Crippen molar-refractivity contribution in [2.24, 2.45) is 15.5 Å². The van der Waals surface area contributed by atoms with Crippen LogP contribution in [0.4, 0.5) is 0 Å². The van der Waals surface area contributed by atoms with Crippen molar-refractivity contribution in [1.29, 1.82) is 0 Å². The lowest BCUT2D eigenvalue weighted by molar-refractivity contribution is 0.0143. The summed E-state index contributed by atoms with van der Waals surface area (Å²) in [4.78, 5) is 0. The number of nitrogens with zero attached hydrogens (tertiary/aromatic N) is 5. The van der Waals surface area contributed by atoms with Gasteiger partial charge in [0.05, 0.1) is 12.4 Å². The van der Waals surface area contributed by atoms with Crippen LogP contribution in [0, 0.1) is 0 Å². The smallest absolute Gasteiger partial charge is 0.0546 e. The second-order valence-electron chi connectivity index (χ2n) is 1.51. The Balaban J connectivity index is 2.25. The van der Waals surface area contributed by atoms with Gasteiger partial charge in [-0.1, -0.05) is 5.23 Å². The molecule has 6 heteroatoms. The molecule has 0 spiro atoms. The van der Waals surface area contributed by atoms with Gasteiger partial charge >= 0.3 is 0 Å². The van der Waals surface area contributed by atoms with Crippen molar-refractivity contribution >= 4 is 6.21 Å². The molecule has 46 valence electrons. The molecule has 2 heterocycles. The van der Waals surface area contributed by atoms with Crippen LogP contribution in [0.1, 0.15) is 0 Å². The molecule has 6 nitrogen and oxygen atoms in total. The Morgan fingerprint density at radius 1 is 1.44 bits per heavy atom. The molecule has 1 N–H and O–H groups in total. The third kappa shape index (κ3) is 0.525. The van der Waals surface area contributed by atoms with Crippen LogP contribution >= 0.6 is 0 Å². The van der Waals surface area contributed by atoms with Crippen LogP contribution in [-0.2, 0) is 0 Å². The minimum absolute atomic E-state index is 1.40. The summed E-state index contributed by atoms with van der Waals surface area (Å²) >= 11 is 0. The molecular weight excluding hydrogens is 120 g/mol. The molecule has 0 aromatic carbocycles. The van der Waals surface area contributed by atoms with Crippen LogP contribution in [0.2, 0.25) is 0 Å². The van der Waals surface area contributed by atoms with Gasteiger partial charge < -0.3 is 0 Å². The minimum atomic E-state index is 1.40. The molecule has 2 rings (SSSR count). The molecule has 0 radical (unpaired) electrons. The molecule has 0 bridgehead atoms. The van der Waals surface area contributed by atoms with Crippen molar-refractivity contribution in [1.82, 2.24) is 15.9 Å². The highest BCUT2D eigenvalue weighted by Crippen LogP contribution is 2.06. The van der Waals surface area contributed by atoms with E-state index in [0.717, 1.165) is 0 Å². The fourth-order valence-electron chi connectivity index (χ4n) is 0.578. The van der Waals surface area contributed by atoms with Gasteiger partial charge in [-0.3, -0.25) is 0 Å². The molecule has 9 heavy (non-hydrogen) atoms. The summed E-state index contributed by atoms with van der Waals surface area (Å²) in [6, 6.07) is 0. The SMILES string of the molecule is C1=CN2N=NNN2N=C1. The van der Waals surface area contributed by atoms with E-state index in [1.54, 1.807) is 18.5 Å². The molecule has 0 saturated carbocycles. The zero-order chi connectivity index (χ0) is 6.10. The maximum absolute atomic E-state index is 3.84. The molecular formula is C3H4N6. The summed E-state index contributed by atoms with van der Waals surface area (Å²) < 4.78 is 0. The minimum Gasteiger partial charge on any atom is -0.160 e. The van der Waals surface area contributed by atoms with Gasteiger partial charge in [0.1, 0.15) is 0 Å². The molecule has 0 aromatic heterocycles. The van der Waals surface area contributed by atoms with Gasteiger partial charge in [0.25, 0.3) is 0 Å². The van der Waals surface area contributed by atoms with Gasteiger partial charge in [0, 0.05) is 0 Å². The zero-order valence-electron chi connectivity index (χ0n) is 4.47. The topological polar surface area (TPSA) is 55.6 Å². The molecule has 2 aliphatic rings. The Bertz CT molecular complexity index is 192. The standard InChI is InChI=1S/C3H4N6/c1-2-4-9-7-5-6-8(9)3-1/h1-3H,(H,6,7). The predicted octanol–water partition coefficient (Wildman–Crippen LogP) is -0.181. The second-order valence-corrected chi connectivity index (χ2v) is 1.51. The summed E-state index contributed by atoms with van der Waals surface area (Å²) in [5.74, 6) is 0. The molecule has 0 saturated heterocycles. The summed E-state index contributed by atoms with van der Waals surface area (Å²) in [5.41, 5.74) is 2.53. The molecule has 0 fully saturated rings. The largest absolute Gasteiger partial charge is 0.160 e. The lowest BCUT2D eigenvalue weighted by Crippen LogP contribution is -2.34. The Kier molecular flexibility index (Phi) is 0.689. The first-order chi connectivity index (χ1) is 4.47. The Labute approximate surface area is 51.0 Å². The first-order valence-electron chi connectivity index (χ1n) is 2.43. The third-order valence-electron chi connectivity index (χ3n) is 0.946. The average Bonchev–Trinajstić information content (AvgIpc) is 2.33. The summed E-state index contributed by atoms with van der Waals surface area (Å²) in [7, 11) is 0. The number of allylic oxidation sites excluding steroid dienone is 1. The van der Waals surface area contributed by atoms with Crippen LogP contribution in [0.5, 0.6) is 0 Å². The van der Waals surface area contributed by atoms with Gasteiger partial charge in [0.15, 0.2) is 0 Å². The van der Waals surface area contributed by atoms with E-state index < -0.39 is 0 Å². The van der Waals surface area contributed by atoms with E-state index in [1.165, 1.54) is 10.3 Å². The summed E-state index contributed by atoms with van der Waals surface area (Å²) in [6.45, 7) is 0. The predicted molar refractivity (Wildman–Crippen MR) is 29.3 cm³/mol. The highest BCUT2D eigenvalue weighted by molar-refractivity contribution is 5.70.